The molecule has 0 aliphatic heterocycles. The van der Waals surface area contributed by atoms with Crippen LogP contribution in [0.2, 0.25) is 0 Å². The van der Waals surface area contributed by atoms with Crippen LogP contribution in [0, 0.1) is 0 Å². The van der Waals surface area contributed by atoms with E-state index in [1.54, 1.807) is 0 Å². The first-order chi connectivity index (χ1) is 5.84. The Morgan fingerprint density at radius 2 is 1.92 bits per heavy atom. The Morgan fingerprint density at radius 3 is 2.23 bits per heavy atom. The lowest BCUT2D eigenvalue weighted by Gasteiger charge is -2.06. The van der Waals surface area contributed by atoms with Gasteiger partial charge in [-0.05, 0) is 5.16 Å². The first kappa shape index (κ1) is 9.88. The molecular formula is C7H8F3NO2. The number of halogens is 3. The molecule has 74 valence electrons. The fourth-order valence-electron chi connectivity index (χ4n) is 0.954. The van der Waals surface area contributed by atoms with Crippen molar-refractivity contribution in [1.82, 2.24) is 5.16 Å². The summed E-state index contributed by atoms with van der Waals surface area (Å²) in [5.41, 5.74) is -1.18. The van der Waals surface area contributed by atoms with Gasteiger partial charge in [0.15, 0.2) is 11.3 Å². The lowest BCUT2D eigenvalue weighted by molar-refractivity contribution is -0.139. The van der Waals surface area contributed by atoms with Crippen molar-refractivity contribution in [3.05, 3.63) is 11.3 Å². The molecule has 3 nitrogen and oxygen atoms in total. The third-order valence-electron chi connectivity index (χ3n) is 1.51. The summed E-state index contributed by atoms with van der Waals surface area (Å²) in [6, 6.07) is 0. The van der Waals surface area contributed by atoms with Crippen LogP contribution >= 0.6 is 0 Å². The summed E-state index contributed by atoms with van der Waals surface area (Å²) in [6.07, 6.45) is -4.62. The maximum Gasteiger partial charge on any atom is 0.425 e. The first-order valence-corrected chi connectivity index (χ1v) is 3.59. The van der Waals surface area contributed by atoms with Gasteiger partial charge >= 0.3 is 6.18 Å². The molecule has 1 rings (SSSR count). The van der Waals surface area contributed by atoms with Crippen LogP contribution in [0.4, 0.5) is 13.2 Å². The highest BCUT2D eigenvalue weighted by Crippen LogP contribution is 2.40. The van der Waals surface area contributed by atoms with Crippen LogP contribution in [-0.2, 0) is 6.18 Å². The molecule has 0 aromatic carbocycles. The van der Waals surface area contributed by atoms with E-state index in [1.807, 2.05) is 0 Å². The average molecular weight is 195 g/mol. The second kappa shape index (κ2) is 2.93. The summed E-state index contributed by atoms with van der Waals surface area (Å²) in [5, 5.41) is 11.7. The fraction of sp³-hybridized carbons (Fsp3) is 0.571. The topological polar surface area (TPSA) is 46.3 Å². The number of hydrogen-bond acceptors (Lipinski definition) is 3. The Bertz CT molecular complexity index is 303. The molecule has 13 heavy (non-hydrogen) atoms. The molecular weight excluding hydrogens is 187 g/mol. The maximum atomic E-state index is 12.2. The van der Waals surface area contributed by atoms with Crippen LogP contribution in [0.5, 0.6) is 5.88 Å². The molecule has 0 spiro atoms. The molecule has 0 atom stereocenters. The van der Waals surface area contributed by atoms with Crippen molar-refractivity contribution in [3.8, 4) is 5.88 Å². The fourth-order valence-corrected chi connectivity index (χ4v) is 0.954. The molecule has 0 radical (unpaired) electrons. The Balaban J connectivity index is 3.25. The zero-order valence-corrected chi connectivity index (χ0v) is 7.01. The van der Waals surface area contributed by atoms with Gasteiger partial charge in [0, 0.05) is 5.92 Å². The molecule has 0 aliphatic rings. The summed E-state index contributed by atoms with van der Waals surface area (Å²) < 4.78 is 41.1. The van der Waals surface area contributed by atoms with E-state index in [4.69, 9.17) is 5.11 Å². The monoisotopic (exact) mass is 195 g/mol. The summed E-state index contributed by atoms with van der Waals surface area (Å²) in [6.45, 7) is 3.05. The van der Waals surface area contributed by atoms with E-state index in [0.717, 1.165) is 0 Å². The van der Waals surface area contributed by atoms with Gasteiger partial charge in [-0.2, -0.15) is 13.2 Å². The molecule has 6 heteroatoms. The first-order valence-electron chi connectivity index (χ1n) is 3.59. The minimum Gasteiger partial charge on any atom is -0.491 e. The van der Waals surface area contributed by atoms with Crippen LogP contribution in [0.25, 0.3) is 0 Å². The summed E-state index contributed by atoms with van der Waals surface area (Å²) >= 11 is 0. The van der Waals surface area contributed by atoms with Crippen molar-refractivity contribution in [2.24, 2.45) is 0 Å². The van der Waals surface area contributed by atoms with Gasteiger partial charge in [-0.3, -0.25) is 0 Å². The Kier molecular flexibility index (Phi) is 2.23. The molecule has 1 aromatic heterocycles. The van der Waals surface area contributed by atoms with Gasteiger partial charge < -0.3 is 9.63 Å². The molecule has 0 fully saturated rings. The smallest absolute Gasteiger partial charge is 0.425 e. The van der Waals surface area contributed by atoms with Gasteiger partial charge in [-0.25, -0.2) is 0 Å². The minimum absolute atomic E-state index is 0.343. The van der Waals surface area contributed by atoms with Crippen molar-refractivity contribution in [1.29, 1.82) is 0 Å². The van der Waals surface area contributed by atoms with E-state index < -0.39 is 23.5 Å². The average Bonchev–Trinajstić information content (AvgIpc) is 2.28. The van der Waals surface area contributed by atoms with E-state index in [2.05, 4.69) is 9.68 Å². The van der Waals surface area contributed by atoms with Crippen LogP contribution in [-0.4, -0.2) is 10.3 Å². The molecule has 1 N–H and O–H groups in total. The van der Waals surface area contributed by atoms with E-state index in [0.29, 0.717) is 0 Å². The second-order valence-corrected chi connectivity index (χ2v) is 2.90. The summed E-state index contributed by atoms with van der Waals surface area (Å²) in [5.74, 6) is -1.91. The lowest BCUT2D eigenvalue weighted by Crippen LogP contribution is -2.07. The number of nitrogens with zero attached hydrogens (tertiary/aromatic N) is 1. The highest BCUT2D eigenvalue weighted by Gasteiger charge is 2.41. The van der Waals surface area contributed by atoms with Gasteiger partial charge in [0.25, 0.3) is 5.88 Å². The van der Waals surface area contributed by atoms with Crippen LogP contribution in [0.1, 0.15) is 31.1 Å². The second-order valence-electron chi connectivity index (χ2n) is 2.90. The van der Waals surface area contributed by atoms with Crippen molar-refractivity contribution >= 4 is 0 Å². The van der Waals surface area contributed by atoms with E-state index in [-0.39, 0.29) is 5.76 Å². The van der Waals surface area contributed by atoms with Gasteiger partial charge in [0.05, 0.1) is 0 Å². The van der Waals surface area contributed by atoms with Crippen LogP contribution < -0.4 is 0 Å². The molecule has 0 amide bonds. The Morgan fingerprint density at radius 1 is 1.38 bits per heavy atom. The highest BCUT2D eigenvalue weighted by atomic mass is 19.4. The molecule has 0 saturated heterocycles. The van der Waals surface area contributed by atoms with Gasteiger partial charge in [-0.15, -0.1) is 0 Å². The number of hydrogen-bond donors (Lipinski definition) is 1. The van der Waals surface area contributed by atoms with Gasteiger partial charge in [-0.1, -0.05) is 13.8 Å². The van der Waals surface area contributed by atoms with E-state index in [1.165, 1.54) is 13.8 Å². The summed E-state index contributed by atoms with van der Waals surface area (Å²) in [4.78, 5) is 0. The molecule has 0 unspecified atom stereocenters. The van der Waals surface area contributed by atoms with E-state index in [9.17, 15) is 13.2 Å². The molecule has 0 aliphatic carbocycles. The molecule has 1 heterocycles. The van der Waals surface area contributed by atoms with Crippen LogP contribution in [0.15, 0.2) is 4.52 Å². The third-order valence-corrected chi connectivity index (χ3v) is 1.51. The van der Waals surface area contributed by atoms with Gasteiger partial charge in [0.2, 0.25) is 0 Å². The zero-order valence-electron chi connectivity index (χ0n) is 7.01. The number of aromatic hydroxyl groups is 1. The normalized spacial score (nSPS) is 12.5. The standard InChI is InChI=1S/C7H8F3NO2/c1-3(2)5-4(7(8,9)10)6(12)11-13-5/h3H,1-2H3,(H,11,12). The van der Waals surface area contributed by atoms with Gasteiger partial charge in [0.1, 0.15) is 0 Å². The number of rotatable bonds is 1. The highest BCUT2D eigenvalue weighted by molar-refractivity contribution is 5.31. The third kappa shape index (κ3) is 1.76. The van der Waals surface area contributed by atoms with E-state index >= 15 is 0 Å². The van der Waals surface area contributed by atoms with Crippen molar-refractivity contribution in [2.45, 2.75) is 25.9 Å². The SMILES string of the molecule is CC(C)c1onc(O)c1C(F)(F)F. The predicted molar refractivity (Wildman–Crippen MR) is 37.3 cm³/mol. The Labute approximate surface area is 72.1 Å². The quantitative estimate of drug-likeness (QED) is 0.748. The van der Waals surface area contributed by atoms with Crippen molar-refractivity contribution in [2.75, 3.05) is 0 Å². The van der Waals surface area contributed by atoms with Crippen molar-refractivity contribution in [3.63, 3.8) is 0 Å². The Hall–Kier alpha value is -1.20. The lowest BCUT2D eigenvalue weighted by atomic mass is 10.1. The van der Waals surface area contributed by atoms with Crippen molar-refractivity contribution < 1.29 is 22.8 Å². The predicted octanol–water partition coefficient (Wildman–Crippen LogP) is 2.52. The zero-order chi connectivity index (χ0) is 10.2. The molecule has 1 aromatic rings. The number of alkyl halides is 3. The molecule has 0 saturated carbocycles. The largest absolute Gasteiger partial charge is 0.491 e. The molecule has 0 bridgehead atoms. The van der Waals surface area contributed by atoms with Crippen LogP contribution in [0.3, 0.4) is 0 Å². The number of aromatic nitrogens is 1. The maximum absolute atomic E-state index is 12.2. The summed E-state index contributed by atoms with van der Waals surface area (Å²) in [7, 11) is 0. The minimum atomic E-state index is -4.62.